The Morgan fingerprint density at radius 3 is 2.22 bits per heavy atom. The molecule has 1 saturated carbocycles. The fraction of sp³-hybridized carbons (Fsp3) is 0.417. The van der Waals surface area contributed by atoms with Crippen LogP contribution in [0, 0.1) is 17.5 Å². The van der Waals surface area contributed by atoms with Gasteiger partial charge in [0, 0.05) is 5.56 Å². The normalized spacial score (nSPS) is 17.2. The van der Waals surface area contributed by atoms with E-state index in [1.54, 1.807) is 0 Å². The van der Waals surface area contributed by atoms with Crippen molar-refractivity contribution in [2.75, 3.05) is 0 Å². The molecule has 98 valence electrons. The summed E-state index contributed by atoms with van der Waals surface area (Å²) >= 11 is 0. The van der Waals surface area contributed by atoms with Crippen LogP contribution in [-0.4, -0.2) is 11.9 Å². The van der Waals surface area contributed by atoms with E-state index in [0.29, 0.717) is 0 Å². The van der Waals surface area contributed by atoms with Gasteiger partial charge in [0.1, 0.15) is 5.84 Å². The average Bonchev–Trinajstić information content (AvgIpc) is 2.85. The van der Waals surface area contributed by atoms with E-state index >= 15 is 0 Å². The van der Waals surface area contributed by atoms with Crippen molar-refractivity contribution in [1.82, 2.24) is 5.43 Å². The van der Waals surface area contributed by atoms with Crippen molar-refractivity contribution in [3.8, 4) is 0 Å². The lowest BCUT2D eigenvalue weighted by Gasteiger charge is -2.10. The molecular formula is C12H14F3N3. The van der Waals surface area contributed by atoms with Crippen molar-refractivity contribution in [2.45, 2.75) is 31.7 Å². The van der Waals surface area contributed by atoms with Crippen molar-refractivity contribution < 1.29 is 13.2 Å². The molecule has 1 aromatic carbocycles. The summed E-state index contributed by atoms with van der Waals surface area (Å²) in [6.45, 7) is 0. The Hall–Kier alpha value is -1.56. The van der Waals surface area contributed by atoms with Crippen molar-refractivity contribution >= 4 is 5.84 Å². The molecule has 0 aromatic heterocycles. The molecule has 6 heteroatoms. The first-order chi connectivity index (χ1) is 8.61. The second-order valence-corrected chi connectivity index (χ2v) is 4.31. The summed E-state index contributed by atoms with van der Waals surface area (Å²) in [5.41, 5.74) is 2.43. The van der Waals surface area contributed by atoms with Crippen LogP contribution in [0.1, 0.15) is 31.2 Å². The van der Waals surface area contributed by atoms with Crippen LogP contribution in [0.5, 0.6) is 0 Å². The molecule has 0 unspecified atom stereocenters. The van der Waals surface area contributed by atoms with Gasteiger partial charge in [0.2, 0.25) is 0 Å². The number of hydrazine groups is 1. The van der Waals surface area contributed by atoms with Gasteiger partial charge in [0.15, 0.2) is 17.5 Å². The highest BCUT2D eigenvalue weighted by molar-refractivity contribution is 5.98. The van der Waals surface area contributed by atoms with Crippen molar-refractivity contribution in [2.24, 2.45) is 10.8 Å². The van der Waals surface area contributed by atoms with Crippen molar-refractivity contribution in [3.05, 3.63) is 35.1 Å². The fourth-order valence-corrected chi connectivity index (χ4v) is 2.10. The molecule has 3 nitrogen and oxygen atoms in total. The van der Waals surface area contributed by atoms with Gasteiger partial charge in [-0.05, 0) is 25.0 Å². The Bertz CT molecular complexity index is 445. The highest BCUT2D eigenvalue weighted by atomic mass is 19.2. The Kier molecular flexibility index (Phi) is 3.86. The second-order valence-electron chi connectivity index (χ2n) is 4.31. The summed E-state index contributed by atoms with van der Waals surface area (Å²) in [6.07, 6.45) is 4.02. The van der Waals surface area contributed by atoms with Crippen LogP contribution >= 0.6 is 0 Å². The van der Waals surface area contributed by atoms with E-state index in [9.17, 15) is 13.2 Å². The van der Waals surface area contributed by atoms with E-state index < -0.39 is 17.5 Å². The summed E-state index contributed by atoms with van der Waals surface area (Å²) in [7, 11) is 0. The number of amidine groups is 1. The van der Waals surface area contributed by atoms with Crippen molar-refractivity contribution in [3.63, 3.8) is 0 Å². The number of hydrogen-bond donors (Lipinski definition) is 2. The molecule has 0 bridgehead atoms. The maximum Gasteiger partial charge on any atom is 0.194 e. The molecule has 1 aromatic rings. The molecule has 0 spiro atoms. The highest BCUT2D eigenvalue weighted by Crippen LogP contribution is 2.22. The summed E-state index contributed by atoms with van der Waals surface area (Å²) < 4.78 is 39.1. The predicted octanol–water partition coefficient (Wildman–Crippen LogP) is 2.26. The molecule has 2 rings (SSSR count). The molecule has 0 saturated heterocycles. The van der Waals surface area contributed by atoms with Gasteiger partial charge in [-0.25, -0.2) is 19.0 Å². The highest BCUT2D eigenvalue weighted by Gasteiger charge is 2.17. The number of nitrogens with zero attached hydrogens (tertiary/aromatic N) is 1. The average molecular weight is 257 g/mol. The molecule has 18 heavy (non-hydrogen) atoms. The van der Waals surface area contributed by atoms with Crippen LogP contribution in [0.3, 0.4) is 0 Å². The summed E-state index contributed by atoms with van der Waals surface area (Å²) in [5.74, 6) is 1.49. The van der Waals surface area contributed by atoms with Gasteiger partial charge in [-0.2, -0.15) is 0 Å². The molecule has 0 heterocycles. The Balaban J connectivity index is 2.32. The zero-order chi connectivity index (χ0) is 13.1. The van der Waals surface area contributed by atoms with Crippen LogP contribution in [-0.2, 0) is 0 Å². The number of nitrogens with two attached hydrogens (primary N) is 1. The van der Waals surface area contributed by atoms with Gasteiger partial charge in [-0.3, -0.25) is 4.99 Å². The van der Waals surface area contributed by atoms with E-state index in [-0.39, 0.29) is 17.4 Å². The number of halogens is 3. The fourth-order valence-electron chi connectivity index (χ4n) is 2.10. The third-order valence-corrected chi connectivity index (χ3v) is 3.03. The van der Waals surface area contributed by atoms with E-state index in [4.69, 9.17) is 5.84 Å². The van der Waals surface area contributed by atoms with Crippen LogP contribution in [0.4, 0.5) is 13.2 Å². The lowest BCUT2D eigenvalue weighted by molar-refractivity contribution is 0.446. The molecule has 0 atom stereocenters. The number of nitrogens with one attached hydrogen (secondary N) is 1. The molecular weight excluding hydrogens is 243 g/mol. The largest absolute Gasteiger partial charge is 0.308 e. The SMILES string of the molecule is NNC(=NC1CCCC1)c1cc(F)c(F)c(F)c1. The Morgan fingerprint density at radius 2 is 1.72 bits per heavy atom. The van der Waals surface area contributed by atoms with E-state index in [0.717, 1.165) is 37.8 Å². The maximum atomic E-state index is 13.1. The van der Waals surface area contributed by atoms with Crippen LogP contribution < -0.4 is 11.3 Å². The molecule has 1 fully saturated rings. The third kappa shape index (κ3) is 2.64. The minimum absolute atomic E-state index is 0.104. The first kappa shape index (κ1) is 12.9. The first-order valence-electron chi connectivity index (χ1n) is 5.81. The standard InChI is InChI=1S/C12H14F3N3/c13-9-5-7(6-10(14)11(9)15)12(18-16)17-8-3-1-2-4-8/h5-6,8H,1-4,16H2,(H,17,18). The monoisotopic (exact) mass is 257 g/mol. The van der Waals surface area contributed by atoms with E-state index in [2.05, 4.69) is 10.4 Å². The number of benzene rings is 1. The minimum Gasteiger partial charge on any atom is -0.308 e. The van der Waals surface area contributed by atoms with Crippen LogP contribution in [0.25, 0.3) is 0 Å². The molecule has 0 aliphatic heterocycles. The molecule has 1 aliphatic carbocycles. The van der Waals surface area contributed by atoms with Gasteiger partial charge in [-0.1, -0.05) is 12.8 Å². The van der Waals surface area contributed by atoms with Crippen molar-refractivity contribution in [1.29, 1.82) is 0 Å². The molecule has 3 N–H and O–H groups in total. The zero-order valence-electron chi connectivity index (χ0n) is 9.72. The maximum absolute atomic E-state index is 13.1. The Morgan fingerprint density at radius 1 is 1.17 bits per heavy atom. The summed E-state index contributed by atoms with van der Waals surface area (Å²) in [4.78, 5) is 4.30. The predicted molar refractivity (Wildman–Crippen MR) is 62.4 cm³/mol. The smallest absolute Gasteiger partial charge is 0.194 e. The van der Waals surface area contributed by atoms with Gasteiger partial charge in [0.05, 0.1) is 6.04 Å². The Labute approximate surface area is 103 Å². The second kappa shape index (κ2) is 5.39. The number of rotatable bonds is 2. The van der Waals surface area contributed by atoms with Gasteiger partial charge < -0.3 is 5.43 Å². The van der Waals surface area contributed by atoms with Gasteiger partial charge >= 0.3 is 0 Å². The summed E-state index contributed by atoms with van der Waals surface area (Å²) in [5, 5.41) is 0. The van der Waals surface area contributed by atoms with Crippen LogP contribution in [0.2, 0.25) is 0 Å². The van der Waals surface area contributed by atoms with Crippen LogP contribution in [0.15, 0.2) is 17.1 Å². The first-order valence-corrected chi connectivity index (χ1v) is 5.81. The van der Waals surface area contributed by atoms with E-state index in [1.165, 1.54) is 0 Å². The summed E-state index contributed by atoms with van der Waals surface area (Å²) in [6, 6.07) is 1.87. The molecule has 0 radical (unpaired) electrons. The topological polar surface area (TPSA) is 50.4 Å². The van der Waals surface area contributed by atoms with Gasteiger partial charge in [0.25, 0.3) is 0 Å². The lowest BCUT2D eigenvalue weighted by Crippen LogP contribution is -2.32. The van der Waals surface area contributed by atoms with E-state index in [1.807, 2.05) is 0 Å². The quantitative estimate of drug-likeness (QED) is 0.281. The third-order valence-electron chi connectivity index (χ3n) is 3.03. The number of aliphatic imine (C=N–C) groups is 1. The number of hydrogen-bond acceptors (Lipinski definition) is 2. The molecule has 0 amide bonds. The minimum atomic E-state index is -1.49. The lowest BCUT2D eigenvalue weighted by atomic mass is 10.1. The van der Waals surface area contributed by atoms with Gasteiger partial charge in [-0.15, -0.1) is 0 Å². The molecule has 1 aliphatic rings. The zero-order valence-corrected chi connectivity index (χ0v) is 9.72.